The van der Waals surface area contributed by atoms with Crippen LogP contribution >= 0.6 is 0 Å². The molecule has 1 atom stereocenters. The van der Waals surface area contributed by atoms with Crippen LogP contribution in [0.1, 0.15) is 77.0 Å². The molecule has 0 aromatic carbocycles. The summed E-state index contributed by atoms with van der Waals surface area (Å²) in [6.07, 6.45) is 17.2. The van der Waals surface area contributed by atoms with E-state index in [0.29, 0.717) is 5.54 Å². The van der Waals surface area contributed by atoms with Gasteiger partial charge in [-0.1, -0.05) is 38.5 Å². The molecule has 2 aliphatic carbocycles. The van der Waals surface area contributed by atoms with E-state index in [9.17, 15) is 0 Å². The van der Waals surface area contributed by atoms with E-state index in [1.807, 2.05) is 0 Å². The predicted octanol–water partition coefficient (Wildman–Crippen LogP) is 3.69. The van der Waals surface area contributed by atoms with Crippen molar-refractivity contribution in [2.45, 2.75) is 88.6 Å². The van der Waals surface area contributed by atoms with Gasteiger partial charge in [-0.25, -0.2) is 0 Å². The van der Waals surface area contributed by atoms with Gasteiger partial charge < -0.3 is 5.73 Å². The zero-order chi connectivity index (χ0) is 13.1. The Hall–Kier alpha value is -0.0800. The van der Waals surface area contributed by atoms with Gasteiger partial charge in [-0.05, 0) is 51.0 Å². The van der Waals surface area contributed by atoms with E-state index in [2.05, 4.69) is 4.90 Å². The molecule has 1 unspecified atom stereocenters. The lowest BCUT2D eigenvalue weighted by molar-refractivity contribution is 0.0413. The average molecular weight is 264 g/mol. The fourth-order valence-electron chi connectivity index (χ4n) is 5.21. The van der Waals surface area contributed by atoms with Crippen LogP contribution in [0.2, 0.25) is 0 Å². The standard InChI is InChI=1S/C17H32N2/c18-14-17(11-5-1-2-6-12-17)19-13-7-10-16(19)15-8-3-4-9-15/h15-16H,1-14,18H2. The molecule has 0 aromatic rings. The third kappa shape index (κ3) is 2.71. The molecule has 0 spiro atoms. The summed E-state index contributed by atoms with van der Waals surface area (Å²) in [5.41, 5.74) is 6.68. The molecule has 3 aliphatic rings. The van der Waals surface area contributed by atoms with E-state index in [-0.39, 0.29) is 0 Å². The van der Waals surface area contributed by atoms with Gasteiger partial charge in [0, 0.05) is 18.1 Å². The van der Waals surface area contributed by atoms with E-state index >= 15 is 0 Å². The number of rotatable bonds is 3. The van der Waals surface area contributed by atoms with Gasteiger partial charge in [0.05, 0.1) is 0 Å². The summed E-state index contributed by atoms with van der Waals surface area (Å²) in [5, 5.41) is 0. The van der Waals surface area contributed by atoms with Gasteiger partial charge in [0.1, 0.15) is 0 Å². The number of nitrogens with two attached hydrogens (primary N) is 1. The van der Waals surface area contributed by atoms with Crippen molar-refractivity contribution >= 4 is 0 Å². The molecule has 2 saturated carbocycles. The SMILES string of the molecule is NCC1(N2CCCC2C2CCCC2)CCCCCC1. The maximum atomic E-state index is 6.31. The van der Waals surface area contributed by atoms with Crippen molar-refractivity contribution in [1.29, 1.82) is 0 Å². The molecule has 3 fully saturated rings. The topological polar surface area (TPSA) is 29.3 Å². The van der Waals surface area contributed by atoms with Crippen molar-refractivity contribution in [1.82, 2.24) is 4.90 Å². The summed E-state index contributed by atoms with van der Waals surface area (Å²) in [5.74, 6) is 0.995. The molecule has 0 bridgehead atoms. The number of nitrogens with zero attached hydrogens (tertiary/aromatic N) is 1. The van der Waals surface area contributed by atoms with Crippen molar-refractivity contribution in [2.24, 2.45) is 11.7 Å². The monoisotopic (exact) mass is 264 g/mol. The van der Waals surface area contributed by atoms with Crippen molar-refractivity contribution in [2.75, 3.05) is 13.1 Å². The minimum absolute atomic E-state index is 0.375. The second-order valence-corrected chi connectivity index (χ2v) is 7.29. The van der Waals surface area contributed by atoms with Crippen molar-refractivity contribution in [3.63, 3.8) is 0 Å². The van der Waals surface area contributed by atoms with E-state index in [4.69, 9.17) is 5.73 Å². The Kier molecular flexibility index (Phi) is 4.48. The van der Waals surface area contributed by atoms with Crippen molar-refractivity contribution in [3.05, 3.63) is 0 Å². The summed E-state index contributed by atoms with van der Waals surface area (Å²) >= 11 is 0. The first kappa shape index (κ1) is 13.9. The first-order chi connectivity index (χ1) is 9.36. The second kappa shape index (κ2) is 6.13. The van der Waals surface area contributed by atoms with E-state index < -0.39 is 0 Å². The summed E-state index contributed by atoms with van der Waals surface area (Å²) in [6, 6.07) is 0.879. The smallest absolute Gasteiger partial charge is 0.0334 e. The Bertz CT molecular complexity index is 275. The zero-order valence-electron chi connectivity index (χ0n) is 12.6. The van der Waals surface area contributed by atoms with Gasteiger partial charge in [0.15, 0.2) is 0 Å². The normalized spacial score (nSPS) is 33.6. The fourth-order valence-corrected chi connectivity index (χ4v) is 5.21. The Morgan fingerprint density at radius 1 is 0.842 bits per heavy atom. The van der Waals surface area contributed by atoms with Gasteiger partial charge in [-0.2, -0.15) is 0 Å². The van der Waals surface area contributed by atoms with Crippen molar-refractivity contribution in [3.8, 4) is 0 Å². The molecule has 3 rings (SSSR count). The molecule has 110 valence electrons. The molecule has 19 heavy (non-hydrogen) atoms. The fraction of sp³-hybridized carbons (Fsp3) is 1.00. The average Bonchev–Trinajstić information content (AvgIpc) is 3.06. The third-order valence-corrected chi connectivity index (χ3v) is 6.27. The summed E-state index contributed by atoms with van der Waals surface area (Å²) in [6.45, 7) is 2.23. The zero-order valence-corrected chi connectivity index (χ0v) is 12.6. The first-order valence-electron chi connectivity index (χ1n) is 8.83. The van der Waals surface area contributed by atoms with Crippen LogP contribution in [-0.4, -0.2) is 29.6 Å². The lowest BCUT2D eigenvalue weighted by Gasteiger charge is -2.46. The molecular formula is C17H32N2. The molecular weight excluding hydrogens is 232 g/mol. The highest BCUT2D eigenvalue weighted by molar-refractivity contribution is 5.00. The second-order valence-electron chi connectivity index (χ2n) is 7.29. The molecule has 1 saturated heterocycles. The summed E-state index contributed by atoms with van der Waals surface area (Å²) in [4.78, 5) is 2.91. The lowest BCUT2D eigenvalue weighted by Crippen LogP contribution is -2.56. The van der Waals surface area contributed by atoms with Crippen molar-refractivity contribution < 1.29 is 0 Å². The van der Waals surface area contributed by atoms with Crippen LogP contribution in [0, 0.1) is 5.92 Å². The van der Waals surface area contributed by atoms with E-state index in [1.54, 1.807) is 0 Å². The van der Waals surface area contributed by atoms with Crippen LogP contribution in [0.25, 0.3) is 0 Å². The largest absolute Gasteiger partial charge is 0.329 e. The molecule has 0 amide bonds. The molecule has 1 aliphatic heterocycles. The van der Waals surface area contributed by atoms with Gasteiger partial charge >= 0.3 is 0 Å². The number of likely N-dealkylation sites (tertiary alicyclic amines) is 1. The maximum absolute atomic E-state index is 6.31. The highest BCUT2D eigenvalue weighted by Gasteiger charge is 2.44. The van der Waals surface area contributed by atoms with Gasteiger partial charge in [-0.3, -0.25) is 4.90 Å². The number of hydrogen-bond acceptors (Lipinski definition) is 2. The minimum atomic E-state index is 0.375. The molecule has 2 heteroatoms. The van der Waals surface area contributed by atoms with Crippen LogP contribution in [0.15, 0.2) is 0 Å². The van der Waals surface area contributed by atoms with Gasteiger partial charge in [0.2, 0.25) is 0 Å². The van der Waals surface area contributed by atoms with Crippen LogP contribution < -0.4 is 5.73 Å². The lowest BCUT2D eigenvalue weighted by atomic mass is 9.85. The molecule has 0 aromatic heterocycles. The maximum Gasteiger partial charge on any atom is 0.0334 e. The molecule has 0 radical (unpaired) electrons. The third-order valence-electron chi connectivity index (χ3n) is 6.27. The van der Waals surface area contributed by atoms with E-state index in [0.717, 1.165) is 18.5 Å². The Labute approximate surface area is 119 Å². The Morgan fingerprint density at radius 3 is 2.16 bits per heavy atom. The highest BCUT2D eigenvalue weighted by Crippen LogP contribution is 2.42. The molecule has 2 nitrogen and oxygen atoms in total. The predicted molar refractivity (Wildman–Crippen MR) is 81.2 cm³/mol. The van der Waals surface area contributed by atoms with Crippen LogP contribution in [-0.2, 0) is 0 Å². The molecule has 1 heterocycles. The van der Waals surface area contributed by atoms with Crippen LogP contribution in [0.5, 0.6) is 0 Å². The van der Waals surface area contributed by atoms with Gasteiger partial charge in [-0.15, -0.1) is 0 Å². The van der Waals surface area contributed by atoms with E-state index in [1.165, 1.54) is 83.6 Å². The minimum Gasteiger partial charge on any atom is -0.329 e. The molecule has 2 N–H and O–H groups in total. The number of hydrogen-bond donors (Lipinski definition) is 1. The highest BCUT2D eigenvalue weighted by atomic mass is 15.3. The Morgan fingerprint density at radius 2 is 1.53 bits per heavy atom. The van der Waals surface area contributed by atoms with Crippen LogP contribution in [0.3, 0.4) is 0 Å². The van der Waals surface area contributed by atoms with Crippen LogP contribution in [0.4, 0.5) is 0 Å². The summed E-state index contributed by atoms with van der Waals surface area (Å²) in [7, 11) is 0. The summed E-state index contributed by atoms with van der Waals surface area (Å²) < 4.78 is 0. The quantitative estimate of drug-likeness (QED) is 0.788. The first-order valence-corrected chi connectivity index (χ1v) is 8.83. The Balaban J connectivity index is 1.76. The van der Waals surface area contributed by atoms with Gasteiger partial charge in [0.25, 0.3) is 0 Å².